The van der Waals surface area contributed by atoms with Crippen LogP contribution in [0.15, 0.2) is 146 Å². The zero-order valence-corrected chi connectivity index (χ0v) is 21.0. The van der Waals surface area contributed by atoms with Crippen LogP contribution in [0, 0.1) is 17.5 Å². The minimum atomic E-state index is -0.571. The number of hydrogen-bond acceptors (Lipinski definition) is 2. The maximum absolute atomic E-state index is 14.9. The van der Waals surface area contributed by atoms with E-state index in [1.165, 1.54) is 42.1 Å². The number of rotatable bonds is 7. The number of benzene rings is 5. The second kappa shape index (κ2) is 11.1. The molecule has 0 unspecified atom stereocenters. The van der Waals surface area contributed by atoms with Crippen LogP contribution in [0.2, 0.25) is 0 Å². The molecule has 0 heterocycles. The summed E-state index contributed by atoms with van der Waals surface area (Å²) < 4.78 is 42.0. The Morgan fingerprint density at radius 2 is 1.08 bits per heavy atom. The molecule has 5 rings (SSSR count). The molecule has 0 saturated carbocycles. The molecule has 0 fully saturated rings. The Morgan fingerprint density at radius 3 is 1.59 bits per heavy atom. The molecule has 6 heteroatoms. The zero-order valence-electron chi connectivity index (χ0n) is 19.4. The fraction of sp³-hybridized carbons (Fsp3) is 0. The first-order valence-corrected chi connectivity index (χ1v) is 13.4. The molecule has 0 N–H and O–H groups in total. The summed E-state index contributed by atoms with van der Waals surface area (Å²) in [4.78, 5) is 16.6. The van der Waals surface area contributed by atoms with Gasteiger partial charge in [0.1, 0.15) is 17.5 Å². The zero-order chi connectivity index (χ0) is 25.8. The Hall–Kier alpha value is -3.74. The van der Waals surface area contributed by atoms with Gasteiger partial charge in [-0.2, -0.15) is 0 Å². The van der Waals surface area contributed by atoms with Crippen LogP contribution < -0.4 is 0 Å². The van der Waals surface area contributed by atoms with Crippen molar-refractivity contribution in [3.63, 3.8) is 0 Å². The smallest absolute Gasteiger partial charge is 0.193 e. The Kier molecular flexibility index (Phi) is 7.49. The predicted molar refractivity (Wildman–Crippen MR) is 142 cm³/mol. The van der Waals surface area contributed by atoms with E-state index in [0.717, 1.165) is 19.6 Å². The van der Waals surface area contributed by atoms with Gasteiger partial charge >= 0.3 is 0 Å². The van der Waals surface area contributed by atoms with Crippen LogP contribution in [0.5, 0.6) is 0 Å². The van der Waals surface area contributed by atoms with Gasteiger partial charge < -0.3 is 0 Å². The van der Waals surface area contributed by atoms with Crippen molar-refractivity contribution in [2.75, 3.05) is 0 Å². The lowest BCUT2D eigenvalue weighted by Crippen LogP contribution is -2.05. The molecule has 0 bridgehead atoms. The van der Waals surface area contributed by atoms with E-state index in [4.69, 9.17) is 0 Å². The molecule has 0 amide bonds. The van der Waals surface area contributed by atoms with E-state index in [-0.39, 0.29) is 17.4 Å². The molecule has 0 radical (unpaired) electrons. The van der Waals surface area contributed by atoms with Crippen LogP contribution in [-0.2, 0) is 10.9 Å². The number of carbonyl (C=O) groups excluding carboxylic acids is 1. The van der Waals surface area contributed by atoms with Crippen LogP contribution >= 0.6 is 11.8 Å². The molecular formula is C31H20F3OS2+. The Morgan fingerprint density at radius 1 is 0.568 bits per heavy atom. The molecule has 5 aromatic rings. The van der Waals surface area contributed by atoms with Crippen molar-refractivity contribution in [3.8, 4) is 0 Å². The molecular weight excluding hydrogens is 509 g/mol. The van der Waals surface area contributed by atoms with Crippen molar-refractivity contribution in [1.29, 1.82) is 0 Å². The monoisotopic (exact) mass is 529 g/mol. The molecule has 37 heavy (non-hydrogen) atoms. The van der Waals surface area contributed by atoms with E-state index in [9.17, 15) is 18.0 Å². The Balaban J connectivity index is 1.39. The van der Waals surface area contributed by atoms with E-state index in [0.29, 0.717) is 16.0 Å². The summed E-state index contributed by atoms with van der Waals surface area (Å²) in [7, 11) is -0.571. The highest BCUT2D eigenvalue weighted by molar-refractivity contribution is 7.99. The number of carbonyl (C=O) groups is 1. The lowest BCUT2D eigenvalue weighted by Gasteiger charge is -2.09. The highest BCUT2D eigenvalue weighted by Gasteiger charge is 2.29. The molecule has 0 aliphatic carbocycles. The summed E-state index contributed by atoms with van der Waals surface area (Å²) >= 11 is 1.26. The third kappa shape index (κ3) is 5.82. The molecule has 0 atom stereocenters. The number of halogens is 3. The first-order chi connectivity index (χ1) is 18.0. The Bertz CT molecular complexity index is 1470. The molecule has 0 aliphatic rings. The minimum Gasteiger partial charge on any atom is -0.289 e. The topological polar surface area (TPSA) is 17.1 Å². The van der Waals surface area contributed by atoms with Crippen molar-refractivity contribution in [1.82, 2.24) is 0 Å². The van der Waals surface area contributed by atoms with E-state index >= 15 is 0 Å². The van der Waals surface area contributed by atoms with Gasteiger partial charge in [-0.25, -0.2) is 13.2 Å². The summed E-state index contributed by atoms with van der Waals surface area (Å²) in [5.41, 5.74) is 0.807. The fourth-order valence-corrected chi connectivity index (χ4v) is 6.66. The quantitative estimate of drug-likeness (QED) is 0.155. The Labute approximate surface area is 220 Å². The summed E-state index contributed by atoms with van der Waals surface area (Å²) in [5, 5.41) is 0. The van der Waals surface area contributed by atoms with Crippen molar-refractivity contribution < 1.29 is 18.0 Å². The van der Waals surface area contributed by atoms with Gasteiger partial charge in [0.15, 0.2) is 20.5 Å². The lowest BCUT2D eigenvalue weighted by molar-refractivity contribution is 0.103. The summed E-state index contributed by atoms with van der Waals surface area (Å²) in [5.74, 6) is -1.34. The van der Waals surface area contributed by atoms with Crippen LogP contribution in [0.3, 0.4) is 0 Å². The number of hydrogen-bond donors (Lipinski definition) is 0. The normalized spacial score (nSPS) is 11.0. The second-order valence-electron chi connectivity index (χ2n) is 8.13. The number of ketones is 1. The SMILES string of the molecule is O=C(c1ccccc1)c1ccc(Sc2ccc([S+](c3ccc(F)cc3)c3ccc(F)cc3)cc2)c(F)c1. The van der Waals surface area contributed by atoms with Gasteiger partial charge in [0.05, 0.1) is 10.9 Å². The van der Waals surface area contributed by atoms with E-state index in [2.05, 4.69) is 0 Å². The maximum Gasteiger partial charge on any atom is 0.193 e. The molecule has 5 aromatic carbocycles. The maximum atomic E-state index is 14.9. The molecule has 0 aliphatic heterocycles. The van der Waals surface area contributed by atoms with Gasteiger partial charge in [-0.1, -0.05) is 42.1 Å². The standard InChI is InChI=1S/C31H20F3OS2/c32-23-7-13-26(14-8-23)37(27-15-9-24(33)10-16-27)28-17-11-25(12-18-28)36-30-19-6-22(20-29(30)34)31(35)21-4-2-1-3-5-21/h1-20H/q+1. The van der Waals surface area contributed by atoms with Gasteiger partial charge in [0.25, 0.3) is 0 Å². The first kappa shape index (κ1) is 24.9. The highest BCUT2D eigenvalue weighted by atomic mass is 32.2. The van der Waals surface area contributed by atoms with Crippen molar-refractivity contribution in [3.05, 3.63) is 150 Å². The van der Waals surface area contributed by atoms with Gasteiger partial charge in [-0.15, -0.1) is 0 Å². The van der Waals surface area contributed by atoms with Gasteiger partial charge in [0, 0.05) is 20.9 Å². The average Bonchev–Trinajstić information content (AvgIpc) is 2.93. The molecule has 1 nitrogen and oxygen atoms in total. The minimum absolute atomic E-state index is 0.228. The van der Waals surface area contributed by atoms with Gasteiger partial charge in [-0.05, 0) is 91.0 Å². The molecule has 0 spiro atoms. The fourth-order valence-electron chi connectivity index (χ4n) is 3.80. The van der Waals surface area contributed by atoms with Crippen molar-refractivity contribution in [2.24, 2.45) is 0 Å². The third-order valence-corrected chi connectivity index (χ3v) is 8.91. The summed E-state index contributed by atoms with van der Waals surface area (Å²) in [6.45, 7) is 0. The third-order valence-electron chi connectivity index (χ3n) is 5.62. The highest BCUT2D eigenvalue weighted by Crippen LogP contribution is 2.35. The van der Waals surface area contributed by atoms with Crippen molar-refractivity contribution >= 4 is 28.4 Å². The van der Waals surface area contributed by atoms with Crippen molar-refractivity contribution in [2.45, 2.75) is 24.5 Å². The second-order valence-corrected chi connectivity index (χ2v) is 11.3. The average molecular weight is 530 g/mol. The molecule has 182 valence electrons. The van der Waals surface area contributed by atoms with Gasteiger partial charge in [-0.3, -0.25) is 4.79 Å². The van der Waals surface area contributed by atoms with Crippen LogP contribution in [-0.4, -0.2) is 5.78 Å². The predicted octanol–water partition coefficient (Wildman–Crippen LogP) is 8.58. The van der Waals surface area contributed by atoms with Crippen LogP contribution in [0.4, 0.5) is 13.2 Å². The lowest BCUT2D eigenvalue weighted by atomic mass is 10.0. The van der Waals surface area contributed by atoms with Gasteiger partial charge in [0.2, 0.25) is 0 Å². The first-order valence-electron chi connectivity index (χ1n) is 11.4. The summed E-state index contributed by atoms with van der Waals surface area (Å²) in [6.07, 6.45) is 0. The van der Waals surface area contributed by atoms with E-state index in [1.54, 1.807) is 60.7 Å². The summed E-state index contributed by atoms with van der Waals surface area (Å²) in [6, 6.07) is 33.6. The molecule has 0 aromatic heterocycles. The van der Waals surface area contributed by atoms with Crippen LogP contribution in [0.1, 0.15) is 15.9 Å². The van der Waals surface area contributed by atoms with Crippen LogP contribution in [0.25, 0.3) is 0 Å². The van der Waals surface area contributed by atoms with E-state index in [1.807, 2.05) is 30.3 Å². The van der Waals surface area contributed by atoms with E-state index < -0.39 is 16.7 Å². The largest absolute Gasteiger partial charge is 0.289 e. The molecule has 0 saturated heterocycles.